The van der Waals surface area contributed by atoms with Crippen LogP contribution in [0.3, 0.4) is 0 Å². The molecule has 0 atom stereocenters. The molecule has 7 heteroatoms. The first-order chi connectivity index (χ1) is 6.42. The summed E-state index contributed by atoms with van der Waals surface area (Å²) in [7, 11) is 0. The van der Waals surface area contributed by atoms with Crippen molar-refractivity contribution in [1.82, 2.24) is 4.98 Å². The number of hydrogen-bond donors (Lipinski definition) is 0. The Bertz CT molecular complexity index is 331. The summed E-state index contributed by atoms with van der Waals surface area (Å²) in [5.74, 6) is -0.441. The van der Waals surface area contributed by atoms with Crippen LogP contribution in [0.5, 0.6) is 5.75 Å². The van der Waals surface area contributed by atoms with Gasteiger partial charge in [-0.25, -0.2) is 0 Å². The monoisotopic (exact) mass is 289 g/mol. The summed E-state index contributed by atoms with van der Waals surface area (Å²) in [4.78, 5) is 3.76. The minimum absolute atomic E-state index is 0.174. The second-order valence-corrected chi connectivity index (χ2v) is 3.26. The first kappa shape index (κ1) is 11.6. The number of halogens is 5. The van der Waals surface area contributed by atoms with Crippen LogP contribution in [-0.4, -0.2) is 11.3 Å². The Hall–Kier alpha value is -0.490. The van der Waals surface area contributed by atoms with Crippen LogP contribution in [0, 0.1) is 0 Å². The number of pyridine rings is 1. The van der Waals surface area contributed by atoms with Crippen molar-refractivity contribution in [3.8, 4) is 5.75 Å². The summed E-state index contributed by atoms with van der Waals surface area (Å²) in [6.07, 6.45) is -3.63. The summed E-state index contributed by atoms with van der Waals surface area (Å²) < 4.78 is 39.2. The molecule has 14 heavy (non-hydrogen) atoms. The third-order valence-corrected chi connectivity index (χ3v) is 2.10. The van der Waals surface area contributed by atoms with Crippen molar-refractivity contribution in [2.24, 2.45) is 0 Å². The molecule has 0 N–H and O–H groups in total. The number of nitrogens with zero attached hydrogens (tertiary/aromatic N) is 1. The highest BCUT2D eigenvalue weighted by Gasteiger charge is 2.32. The van der Waals surface area contributed by atoms with E-state index in [-0.39, 0.29) is 5.02 Å². The van der Waals surface area contributed by atoms with Gasteiger partial charge in [-0.15, -0.1) is 13.2 Å². The lowest BCUT2D eigenvalue weighted by Crippen LogP contribution is -2.17. The molecule has 0 bridgehead atoms. The highest BCUT2D eigenvalue weighted by Crippen LogP contribution is 2.30. The molecule has 0 spiro atoms. The predicted octanol–water partition coefficient (Wildman–Crippen LogP) is 3.53. The van der Waals surface area contributed by atoms with Crippen LogP contribution < -0.4 is 4.74 Å². The van der Waals surface area contributed by atoms with Gasteiger partial charge in [0.1, 0.15) is 5.02 Å². The molecule has 1 aromatic heterocycles. The Balaban J connectivity index is 2.95. The van der Waals surface area contributed by atoms with Crippen molar-refractivity contribution in [1.29, 1.82) is 0 Å². The van der Waals surface area contributed by atoms with Gasteiger partial charge in [-0.2, -0.15) is 0 Å². The average molecular weight is 290 g/mol. The quantitative estimate of drug-likeness (QED) is 0.777. The lowest BCUT2D eigenvalue weighted by Gasteiger charge is -2.10. The van der Waals surface area contributed by atoms with Gasteiger partial charge >= 0.3 is 6.36 Å². The Morgan fingerprint density at radius 1 is 1.50 bits per heavy atom. The first-order valence-corrected chi connectivity index (χ1v) is 4.88. The summed E-state index contributed by atoms with van der Waals surface area (Å²) in [6, 6.07) is 1.13. The second kappa shape index (κ2) is 4.35. The molecule has 0 saturated carbocycles. The summed E-state index contributed by atoms with van der Waals surface area (Å²) in [5, 5.41) is 0.158. The van der Waals surface area contributed by atoms with Crippen LogP contribution >= 0.6 is 27.5 Å². The van der Waals surface area contributed by atoms with E-state index in [0.717, 1.165) is 12.3 Å². The van der Waals surface area contributed by atoms with Crippen molar-refractivity contribution in [3.05, 3.63) is 23.0 Å². The zero-order chi connectivity index (χ0) is 10.8. The highest BCUT2D eigenvalue weighted by molar-refractivity contribution is 9.08. The van der Waals surface area contributed by atoms with Crippen LogP contribution in [0.2, 0.25) is 5.02 Å². The summed E-state index contributed by atoms with van der Waals surface area (Å²) in [5.41, 5.74) is 0.411. The Morgan fingerprint density at radius 3 is 2.64 bits per heavy atom. The van der Waals surface area contributed by atoms with Crippen LogP contribution in [-0.2, 0) is 5.33 Å². The molecular formula is C7H4BrClF3NO. The van der Waals surface area contributed by atoms with E-state index in [0.29, 0.717) is 11.0 Å². The molecule has 0 aliphatic heterocycles. The van der Waals surface area contributed by atoms with Crippen LogP contribution in [0.1, 0.15) is 5.69 Å². The van der Waals surface area contributed by atoms with Gasteiger partial charge in [0.25, 0.3) is 0 Å². The van der Waals surface area contributed by atoms with E-state index >= 15 is 0 Å². The van der Waals surface area contributed by atoms with E-state index < -0.39 is 12.1 Å². The Morgan fingerprint density at radius 2 is 2.14 bits per heavy atom. The smallest absolute Gasteiger partial charge is 0.404 e. The maximum absolute atomic E-state index is 11.8. The van der Waals surface area contributed by atoms with E-state index in [1.807, 2.05) is 0 Å². The molecule has 0 aliphatic rings. The molecule has 1 aromatic rings. The van der Waals surface area contributed by atoms with Crippen molar-refractivity contribution >= 4 is 27.5 Å². The molecule has 0 unspecified atom stereocenters. The molecule has 0 amide bonds. The SMILES string of the molecule is FC(F)(F)Oc1cc(CBr)ncc1Cl. The molecular weight excluding hydrogens is 286 g/mol. The number of alkyl halides is 4. The fourth-order valence-electron chi connectivity index (χ4n) is 0.737. The highest BCUT2D eigenvalue weighted by atomic mass is 79.9. The van der Waals surface area contributed by atoms with Crippen molar-refractivity contribution in [2.75, 3.05) is 0 Å². The van der Waals surface area contributed by atoms with Crippen LogP contribution in [0.15, 0.2) is 12.3 Å². The van der Waals surface area contributed by atoms with E-state index in [9.17, 15) is 13.2 Å². The number of aromatic nitrogens is 1. The van der Waals surface area contributed by atoms with Gasteiger partial charge in [0.05, 0.1) is 5.69 Å². The Kier molecular flexibility index (Phi) is 3.60. The molecule has 0 aromatic carbocycles. The lowest BCUT2D eigenvalue weighted by molar-refractivity contribution is -0.274. The Labute approximate surface area is 91.2 Å². The molecule has 0 fully saturated rings. The maximum Gasteiger partial charge on any atom is 0.573 e. The minimum Gasteiger partial charge on any atom is -0.404 e. The molecule has 78 valence electrons. The first-order valence-electron chi connectivity index (χ1n) is 3.38. The minimum atomic E-state index is -4.74. The third-order valence-electron chi connectivity index (χ3n) is 1.24. The van der Waals surface area contributed by atoms with Gasteiger partial charge in [-0.1, -0.05) is 27.5 Å². The van der Waals surface area contributed by atoms with E-state index in [1.54, 1.807) is 0 Å². The van der Waals surface area contributed by atoms with Crippen molar-refractivity contribution in [3.63, 3.8) is 0 Å². The van der Waals surface area contributed by atoms with Gasteiger partial charge in [0.2, 0.25) is 0 Å². The summed E-state index contributed by atoms with van der Waals surface area (Å²) in [6.45, 7) is 0. The van der Waals surface area contributed by atoms with Gasteiger partial charge in [0.15, 0.2) is 5.75 Å². The van der Waals surface area contributed by atoms with E-state index in [4.69, 9.17) is 11.6 Å². The number of rotatable bonds is 2. The molecule has 0 saturated heterocycles. The van der Waals surface area contributed by atoms with Gasteiger partial charge in [-0.3, -0.25) is 4.98 Å². The van der Waals surface area contributed by atoms with Crippen LogP contribution in [0.4, 0.5) is 13.2 Å². The third kappa shape index (κ3) is 3.34. The molecule has 0 radical (unpaired) electrons. The van der Waals surface area contributed by atoms with Crippen molar-refractivity contribution in [2.45, 2.75) is 11.7 Å². The standard InChI is InChI=1S/C7H4BrClF3NO/c8-2-4-1-6(5(9)3-13-4)14-7(10,11)12/h1,3H,2H2. The van der Waals surface area contributed by atoms with E-state index in [2.05, 4.69) is 25.7 Å². The average Bonchev–Trinajstić information content (AvgIpc) is 2.06. The fourth-order valence-corrected chi connectivity index (χ4v) is 1.19. The van der Waals surface area contributed by atoms with Gasteiger partial charge in [0, 0.05) is 17.6 Å². The largest absolute Gasteiger partial charge is 0.573 e. The zero-order valence-corrected chi connectivity index (χ0v) is 8.95. The van der Waals surface area contributed by atoms with Gasteiger partial charge in [-0.05, 0) is 0 Å². The summed E-state index contributed by atoms with van der Waals surface area (Å²) >= 11 is 8.51. The topological polar surface area (TPSA) is 22.1 Å². The normalized spacial score (nSPS) is 11.5. The molecule has 2 nitrogen and oxygen atoms in total. The maximum atomic E-state index is 11.8. The lowest BCUT2D eigenvalue weighted by atomic mass is 10.3. The fraction of sp³-hybridized carbons (Fsp3) is 0.286. The number of hydrogen-bond acceptors (Lipinski definition) is 2. The van der Waals surface area contributed by atoms with E-state index in [1.165, 1.54) is 0 Å². The predicted molar refractivity (Wildman–Crippen MR) is 48.6 cm³/mol. The van der Waals surface area contributed by atoms with Gasteiger partial charge < -0.3 is 4.74 Å². The van der Waals surface area contributed by atoms with Crippen molar-refractivity contribution < 1.29 is 17.9 Å². The molecule has 1 rings (SSSR count). The molecule has 1 heterocycles. The van der Waals surface area contributed by atoms with Crippen LogP contribution in [0.25, 0.3) is 0 Å². The molecule has 0 aliphatic carbocycles. The zero-order valence-electron chi connectivity index (χ0n) is 6.61. The number of ether oxygens (including phenoxy) is 1. The second-order valence-electron chi connectivity index (χ2n) is 2.29.